The van der Waals surface area contributed by atoms with Crippen LogP contribution >= 0.6 is 0 Å². The van der Waals surface area contributed by atoms with Crippen LogP contribution in [0.2, 0.25) is 0 Å². The fourth-order valence-electron chi connectivity index (χ4n) is 4.88. The zero-order valence-corrected chi connectivity index (χ0v) is 21.2. The van der Waals surface area contributed by atoms with Gasteiger partial charge in [0.15, 0.2) is 5.65 Å². The molecule has 2 aromatic carbocycles. The lowest BCUT2D eigenvalue weighted by Gasteiger charge is -2.33. The Morgan fingerprint density at radius 1 is 0.947 bits per heavy atom. The summed E-state index contributed by atoms with van der Waals surface area (Å²) in [6.45, 7) is 1.29. The predicted molar refractivity (Wildman–Crippen MR) is 143 cm³/mol. The Hall–Kier alpha value is -4.44. The first kappa shape index (κ1) is 23.9. The molecule has 38 heavy (non-hydrogen) atoms. The Bertz CT molecular complexity index is 1680. The van der Waals surface area contributed by atoms with E-state index in [2.05, 4.69) is 20.2 Å². The van der Waals surface area contributed by atoms with E-state index in [1.807, 2.05) is 18.2 Å². The van der Waals surface area contributed by atoms with Gasteiger partial charge in [-0.05, 0) is 43.2 Å². The minimum Gasteiger partial charge on any atom is -0.472 e. The van der Waals surface area contributed by atoms with Crippen molar-refractivity contribution in [2.24, 2.45) is 0 Å². The fraction of sp³-hybridized carbons (Fsp3) is 0.179. The third-order valence-corrected chi connectivity index (χ3v) is 8.49. The molecule has 6 rings (SSSR count). The number of hydrogen-bond donors (Lipinski definition) is 1. The maximum Gasteiger partial charge on any atom is 0.269 e. The van der Waals surface area contributed by atoms with E-state index in [1.165, 1.54) is 10.3 Å². The summed E-state index contributed by atoms with van der Waals surface area (Å²) in [6, 6.07) is 19.3. The van der Waals surface area contributed by atoms with Crippen LogP contribution < -0.4 is 10.2 Å². The largest absolute Gasteiger partial charge is 0.472 e. The van der Waals surface area contributed by atoms with Gasteiger partial charge in [0.2, 0.25) is 0 Å². The number of rotatable bonds is 6. The van der Waals surface area contributed by atoms with E-state index in [4.69, 9.17) is 4.42 Å². The van der Waals surface area contributed by atoms with Crippen LogP contribution in [0.15, 0.2) is 101 Å². The lowest BCUT2D eigenvalue weighted by Crippen LogP contribution is -2.45. The van der Waals surface area contributed by atoms with Gasteiger partial charge in [0, 0.05) is 42.0 Å². The molecule has 192 valence electrons. The zero-order valence-electron chi connectivity index (χ0n) is 20.4. The van der Waals surface area contributed by atoms with Crippen LogP contribution in [0.4, 0.5) is 5.82 Å². The summed E-state index contributed by atoms with van der Waals surface area (Å²) in [7, 11) is -3.90. The topological polar surface area (TPSA) is 110 Å². The number of piperidine rings is 1. The van der Waals surface area contributed by atoms with Crippen LogP contribution in [-0.4, -0.2) is 47.4 Å². The van der Waals surface area contributed by atoms with E-state index in [0.29, 0.717) is 41.1 Å². The number of carbonyl (C=O) groups excluding carboxylic acids is 1. The number of nitrogens with one attached hydrogen (secondary N) is 1. The van der Waals surface area contributed by atoms with Crippen molar-refractivity contribution in [1.82, 2.24) is 19.3 Å². The van der Waals surface area contributed by atoms with E-state index < -0.39 is 10.0 Å². The van der Waals surface area contributed by atoms with Crippen molar-refractivity contribution in [3.05, 3.63) is 97.3 Å². The second-order valence-electron chi connectivity index (χ2n) is 9.17. The quantitative estimate of drug-likeness (QED) is 0.350. The van der Waals surface area contributed by atoms with Crippen molar-refractivity contribution in [2.45, 2.75) is 23.8 Å². The number of nitrogens with zero attached hydrogens (tertiary/aromatic N) is 4. The molecule has 0 radical (unpaired) electrons. The second kappa shape index (κ2) is 9.79. The molecule has 0 atom stereocenters. The molecule has 10 heteroatoms. The van der Waals surface area contributed by atoms with Crippen molar-refractivity contribution in [2.75, 3.05) is 18.0 Å². The van der Waals surface area contributed by atoms with Gasteiger partial charge in [-0.25, -0.2) is 22.4 Å². The van der Waals surface area contributed by atoms with Crippen molar-refractivity contribution in [3.63, 3.8) is 0 Å². The van der Waals surface area contributed by atoms with E-state index in [9.17, 15) is 13.2 Å². The molecule has 1 aliphatic heterocycles. The first-order chi connectivity index (χ1) is 18.5. The maximum absolute atomic E-state index is 13.6. The minimum absolute atomic E-state index is 0.0349. The Balaban J connectivity index is 1.34. The fourth-order valence-corrected chi connectivity index (χ4v) is 6.22. The summed E-state index contributed by atoms with van der Waals surface area (Å²) in [4.78, 5) is 23.9. The Morgan fingerprint density at radius 3 is 2.34 bits per heavy atom. The molecule has 1 N–H and O–H groups in total. The standard InChI is InChI=1S/C28H25N5O4S/c34-28(20-7-3-1-4-8-20)31-22-11-14-32(15-12-22)26-25-24(21-13-16-37-18-21)17-33(27(25)30-19-29-26)38(35,36)23-9-5-2-6-10-23/h1-10,13,16-19,22H,11-12,14-15H2,(H,31,34). The van der Waals surface area contributed by atoms with Gasteiger partial charge < -0.3 is 14.6 Å². The summed E-state index contributed by atoms with van der Waals surface area (Å²) >= 11 is 0. The molecular weight excluding hydrogens is 502 g/mol. The van der Waals surface area contributed by atoms with Gasteiger partial charge in [-0.15, -0.1) is 0 Å². The molecule has 0 unspecified atom stereocenters. The Labute approximate surface area is 219 Å². The first-order valence-electron chi connectivity index (χ1n) is 12.3. The molecule has 1 fully saturated rings. The average molecular weight is 528 g/mol. The number of hydrogen-bond acceptors (Lipinski definition) is 7. The highest BCUT2D eigenvalue weighted by Gasteiger charge is 2.29. The highest BCUT2D eigenvalue weighted by Crippen LogP contribution is 2.37. The van der Waals surface area contributed by atoms with E-state index >= 15 is 0 Å². The summed E-state index contributed by atoms with van der Waals surface area (Å²) in [5.41, 5.74) is 2.34. The third-order valence-electron chi connectivity index (χ3n) is 6.83. The molecule has 3 aromatic heterocycles. The van der Waals surface area contributed by atoms with Gasteiger partial charge in [0.25, 0.3) is 15.9 Å². The summed E-state index contributed by atoms with van der Waals surface area (Å²) in [6.07, 6.45) is 7.58. The van der Waals surface area contributed by atoms with Crippen LogP contribution in [-0.2, 0) is 10.0 Å². The van der Waals surface area contributed by atoms with Crippen molar-refractivity contribution in [1.29, 1.82) is 0 Å². The third kappa shape index (κ3) is 4.32. The highest BCUT2D eigenvalue weighted by atomic mass is 32.2. The van der Waals surface area contributed by atoms with Crippen molar-refractivity contribution < 1.29 is 17.6 Å². The van der Waals surface area contributed by atoms with Crippen LogP contribution in [0, 0.1) is 0 Å². The smallest absolute Gasteiger partial charge is 0.269 e. The van der Waals surface area contributed by atoms with Crippen LogP contribution in [0.1, 0.15) is 23.2 Å². The monoisotopic (exact) mass is 527 g/mol. The normalized spacial score (nSPS) is 14.6. The molecule has 0 spiro atoms. The number of furan rings is 1. The van der Waals surface area contributed by atoms with Gasteiger partial charge in [0.05, 0.1) is 22.8 Å². The molecule has 4 heterocycles. The average Bonchev–Trinajstić information content (AvgIpc) is 3.63. The molecule has 1 amide bonds. The van der Waals surface area contributed by atoms with E-state index in [1.54, 1.807) is 67.3 Å². The van der Waals surface area contributed by atoms with Crippen LogP contribution in [0.5, 0.6) is 0 Å². The van der Waals surface area contributed by atoms with Gasteiger partial charge in [-0.1, -0.05) is 36.4 Å². The summed E-state index contributed by atoms with van der Waals surface area (Å²) in [5.74, 6) is 0.569. The van der Waals surface area contributed by atoms with E-state index in [0.717, 1.165) is 18.4 Å². The number of aromatic nitrogens is 3. The number of benzene rings is 2. The van der Waals surface area contributed by atoms with Gasteiger partial charge in [0.1, 0.15) is 12.1 Å². The van der Waals surface area contributed by atoms with Gasteiger partial charge in [-0.3, -0.25) is 4.79 Å². The highest BCUT2D eigenvalue weighted by molar-refractivity contribution is 7.90. The minimum atomic E-state index is -3.90. The number of anilines is 1. The lowest BCUT2D eigenvalue weighted by molar-refractivity contribution is 0.0931. The van der Waals surface area contributed by atoms with Gasteiger partial charge in [-0.2, -0.15) is 0 Å². The molecule has 1 saturated heterocycles. The van der Waals surface area contributed by atoms with Crippen molar-refractivity contribution >= 4 is 32.8 Å². The van der Waals surface area contributed by atoms with Gasteiger partial charge >= 0.3 is 0 Å². The van der Waals surface area contributed by atoms with Crippen LogP contribution in [0.3, 0.4) is 0 Å². The number of amides is 1. The summed E-state index contributed by atoms with van der Waals surface area (Å²) in [5, 5.41) is 3.77. The molecule has 1 aliphatic rings. The Kier molecular flexibility index (Phi) is 6.16. The Morgan fingerprint density at radius 2 is 1.66 bits per heavy atom. The predicted octanol–water partition coefficient (Wildman–Crippen LogP) is 4.33. The SMILES string of the molecule is O=C(NC1CCN(c2ncnc3c2c(-c2ccoc2)cn3S(=O)(=O)c2ccccc2)CC1)c1ccccc1. The molecule has 9 nitrogen and oxygen atoms in total. The molecular formula is C28H25N5O4S. The summed E-state index contributed by atoms with van der Waals surface area (Å²) < 4.78 is 33.7. The zero-order chi connectivity index (χ0) is 26.1. The number of fused-ring (bicyclic) bond motifs is 1. The lowest BCUT2D eigenvalue weighted by atomic mass is 10.0. The van der Waals surface area contributed by atoms with Crippen molar-refractivity contribution in [3.8, 4) is 11.1 Å². The molecule has 5 aromatic rings. The first-order valence-corrected chi connectivity index (χ1v) is 13.8. The van der Waals surface area contributed by atoms with E-state index in [-0.39, 0.29) is 16.8 Å². The molecule has 0 bridgehead atoms. The number of carbonyl (C=O) groups is 1. The van der Waals surface area contributed by atoms with Crippen LogP contribution in [0.25, 0.3) is 22.2 Å². The maximum atomic E-state index is 13.6. The second-order valence-corrected chi connectivity index (χ2v) is 11.0. The molecule has 0 aliphatic carbocycles. The molecule has 0 saturated carbocycles.